The number of anilines is 1. The molecule has 0 aromatic heterocycles. The van der Waals surface area contributed by atoms with E-state index in [1.165, 1.54) is 26.2 Å². The lowest BCUT2D eigenvalue weighted by atomic mass is 9.73. The Morgan fingerprint density at radius 2 is 1.79 bits per heavy atom. The van der Waals surface area contributed by atoms with Crippen LogP contribution in [-0.2, 0) is 16.4 Å². The Hall–Kier alpha value is -2.10. The van der Waals surface area contributed by atoms with Crippen molar-refractivity contribution < 1.29 is 21.6 Å². The summed E-state index contributed by atoms with van der Waals surface area (Å²) in [5.74, 6) is 0.0296. The number of fused-ring (bicyclic) bond motifs is 1. The van der Waals surface area contributed by atoms with Crippen LogP contribution in [0.2, 0.25) is 0 Å². The van der Waals surface area contributed by atoms with Crippen LogP contribution >= 0.6 is 0 Å². The number of alkyl halides is 3. The smallest absolute Gasteiger partial charge is 0.378 e. The second-order valence-corrected chi connectivity index (χ2v) is 11.1. The highest BCUT2D eigenvalue weighted by atomic mass is 32.2. The molecule has 2 N–H and O–H groups in total. The maximum atomic E-state index is 13.3. The van der Waals surface area contributed by atoms with Gasteiger partial charge in [-0.15, -0.1) is 0 Å². The molecule has 3 rings (SSSR count). The van der Waals surface area contributed by atoms with Gasteiger partial charge >= 0.3 is 6.18 Å². The SMILES string of the molecule is C[C@H](CC[C@@H]1[C@H](C)c2cc(C(F)(F)F)ccc2N[C@H]1c1ccccc1)CNS(=O)(=O)N(C)C. The average molecular weight is 484 g/mol. The molecule has 5 nitrogen and oxygen atoms in total. The number of rotatable bonds is 8. The van der Waals surface area contributed by atoms with Crippen molar-refractivity contribution in [2.45, 2.75) is 44.8 Å². The third kappa shape index (κ3) is 6.07. The molecular weight excluding hydrogens is 451 g/mol. The van der Waals surface area contributed by atoms with Crippen LogP contribution in [0.3, 0.4) is 0 Å². The molecule has 0 saturated heterocycles. The Kier molecular flexibility index (Phi) is 7.76. The van der Waals surface area contributed by atoms with Crippen LogP contribution in [0.25, 0.3) is 0 Å². The van der Waals surface area contributed by atoms with E-state index in [9.17, 15) is 21.6 Å². The fourth-order valence-corrected chi connectivity index (χ4v) is 5.16. The second-order valence-electron chi connectivity index (χ2n) is 9.10. The minimum atomic E-state index is -4.39. The molecule has 4 atom stereocenters. The van der Waals surface area contributed by atoms with Gasteiger partial charge in [0.05, 0.1) is 11.6 Å². The van der Waals surface area contributed by atoms with Crippen LogP contribution in [-0.4, -0.2) is 33.4 Å². The van der Waals surface area contributed by atoms with Crippen molar-refractivity contribution in [2.75, 3.05) is 26.0 Å². The average Bonchev–Trinajstić information content (AvgIpc) is 2.76. The van der Waals surface area contributed by atoms with Gasteiger partial charge in [0, 0.05) is 26.3 Å². The summed E-state index contributed by atoms with van der Waals surface area (Å²) >= 11 is 0. The molecule has 0 spiro atoms. The van der Waals surface area contributed by atoms with Crippen molar-refractivity contribution >= 4 is 15.9 Å². The van der Waals surface area contributed by atoms with E-state index >= 15 is 0 Å². The molecule has 182 valence electrons. The largest absolute Gasteiger partial charge is 0.416 e. The molecule has 0 saturated carbocycles. The van der Waals surface area contributed by atoms with Gasteiger partial charge in [-0.3, -0.25) is 0 Å². The predicted molar refractivity (Wildman–Crippen MR) is 125 cm³/mol. The third-order valence-electron chi connectivity index (χ3n) is 6.50. The number of nitrogens with zero attached hydrogens (tertiary/aromatic N) is 1. The zero-order chi connectivity index (χ0) is 24.4. The summed E-state index contributed by atoms with van der Waals surface area (Å²) in [6.45, 7) is 4.27. The van der Waals surface area contributed by atoms with Gasteiger partial charge in [-0.1, -0.05) is 44.2 Å². The third-order valence-corrected chi connectivity index (χ3v) is 7.99. The van der Waals surface area contributed by atoms with E-state index < -0.39 is 21.9 Å². The first-order chi connectivity index (χ1) is 15.4. The highest BCUT2D eigenvalue weighted by Crippen LogP contribution is 2.48. The summed E-state index contributed by atoms with van der Waals surface area (Å²) < 4.78 is 67.7. The summed E-state index contributed by atoms with van der Waals surface area (Å²) in [5.41, 5.74) is 1.84. The lowest BCUT2D eigenvalue weighted by molar-refractivity contribution is -0.137. The van der Waals surface area contributed by atoms with Crippen LogP contribution < -0.4 is 10.0 Å². The van der Waals surface area contributed by atoms with E-state index in [1.807, 2.05) is 44.2 Å². The fraction of sp³-hybridized carbons (Fsp3) is 0.500. The molecule has 33 heavy (non-hydrogen) atoms. The quantitative estimate of drug-likeness (QED) is 0.528. The molecule has 2 aromatic carbocycles. The summed E-state index contributed by atoms with van der Waals surface area (Å²) in [4.78, 5) is 0. The van der Waals surface area contributed by atoms with Crippen molar-refractivity contribution in [3.05, 3.63) is 65.2 Å². The highest BCUT2D eigenvalue weighted by molar-refractivity contribution is 7.87. The Balaban J connectivity index is 1.82. The van der Waals surface area contributed by atoms with Crippen LogP contribution in [0, 0.1) is 11.8 Å². The first-order valence-corrected chi connectivity index (χ1v) is 12.5. The maximum absolute atomic E-state index is 13.3. The normalized spacial score (nSPS) is 22.0. The van der Waals surface area contributed by atoms with Gasteiger partial charge in [0.2, 0.25) is 0 Å². The lowest BCUT2D eigenvalue weighted by Gasteiger charge is -2.40. The van der Waals surface area contributed by atoms with Gasteiger partial charge < -0.3 is 5.32 Å². The highest BCUT2D eigenvalue weighted by Gasteiger charge is 2.37. The van der Waals surface area contributed by atoms with Crippen LogP contribution in [0.1, 0.15) is 55.3 Å². The molecular formula is C24H32F3N3O2S. The number of nitrogens with one attached hydrogen (secondary N) is 2. The van der Waals surface area contributed by atoms with Crippen LogP contribution in [0.4, 0.5) is 18.9 Å². The molecule has 0 amide bonds. The summed E-state index contributed by atoms with van der Waals surface area (Å²) in [6, 6.07) is 13.8. The lowest BCUT2D eigenvalue weighted by Crippen LogP contribution is -2.38. The number of halogens is 3. The molecule has 2 aromatic rings. The van der Waals surface area contributed by atoms with E-state index in [2.05, 4.69) is 10.0 Å². The van der Waals surface area contributed by atoms with Crippen molar-refractivity contribution in [3.63, 3.8) is 0 Å². The first kappa shape index (κ1) is 25.5. The summed E-state index contributed by atoms with van der Waals surface area (Å²) in [7, 11) is -0.552. The topological polar surface area (TPSA) is 61.4 Å². The monoisotopic (exact) mass is 483 g/mol. The Morgan fingerprint density at radius 1 is 1.12 bits per heavy atom. The van der Waals surface area contributed by atoms with Gasteiger partial charge in [-0.05, 0) is 59.9 Å². The van der Waals surface area contributed by atoms with Gasteiger partial charge in [-0.25, -0.2) is 4.72 Å². The molecule has 0 fully saturated rings. The molecule has 9 heteroatoms. The van der Waals surface area contributed by atoms with E-state index in [1.54, 1.807) is 0 Å². The maximum Gasteiger partial charge on any atom is 0.416 e. The standard InChI is InChI=1S/C24H32F3N3O2S/c1-16(15-28-33(31,32)30(3)4)10-12-20-17(2)21-14-19(24(25,26)27)11-13-22(21)29-23(20)18-8-6-5-7-9-18/h5-9,11,13-14,16-17,20,23,28-29H,10,12,15H2,1-4H3/t16-,17+,20-,23+/m1/s1. The predicted octanol–water partition coefficient (Wildman–Crippen LogP) is 5.40. The Bertz CT molecular complexity index is 1040. The molecule has 1 aliphatic heterocycles. The molecule has 1 heterocycles. The summed E-state index contributed by atoms with van der Waals surface area (Å²) in [6.07, 6.45) is -2.91. The summed E-state index contributed by atoms with van der Waals surface area (Å²) in [5, 5.41) is 3.48. The first-order valence-electron chi connectivity index (χ1n) is 11.1. The Morgan fingerprint density at radius 3 is 2.39 bits per heavy atom. The zero-order valence-electron chi connectivity index (χ0n) is 19.4. The van der Waals surface area contributed by atoms with Crippen molar-refractivity contribution in [1.82, 2.24) is 9.03 Å². The van der Waals surface area contributed by atoms with Gasteiger partial charge in [0.15, 0.2) is 0 Å². The second kappa shape index (κ2) is 10.0. The number of benzene rings is 2. The molecule has 0 unspecified atom stereocenters. The van der Waals surface area contributed by atoms with E-state index in [0.717, 1.165) is 34.5 Å². The minimum Gasteiger partial charge on any atom is -0.378 e. The molecule has 1 aliphatic rings. The molecule has 0 bridgehead atoms. The van der Waals surface area contributed by atoms with Crippen molar-refractivity contribution in [3.8, 4) is 0 Å². The zero-order valence-corrected chi connectivity index (χ0v) is 20.2. The van der Waals surface area contributed by atoms with Crippen molar-refractivity contribution in [2.24, 2.45) is 11.8 Å². The van der Waals surface area contributed by atoms with Crippen molar-refractivity contribution in [1.29, 1.82) is 0 Å². The van der Waals surface area contributed by atoms with Crippen LogP contribution in [0.5, 0.6) is 0 Å². The van der Waals surface area contributed by atoms with E-state index in [4.69, 9.17) is 0 Å². The van der Waals surface area contributed by atoms with Crippen LogP contribution in [0.15, 0.2) is 48.5 Å². The Labute approximate surface area is 194 Å². The fourth-order valence-electron chi connectivity index (χ4n) is 4.40. The van der Waals surface area contributed by atoms with E-state index in [0.29, 0.717) is 12.1 Å². The van der Waals surface area contributed by atoms with Gasteiger partial charge in [0.25, 0.3) is 10.2 Å². The minimum absolute atomic E-state index is 0.0453. The number of hydrogen-bond donors (Lipinski definition) is 2. The van der Waals surface area contributed by atoms with Gasteiger partial charge in [-0.2, -0.15) is 25.9 Å². The number of hydrogen-bond acceptors (Lipinski definition) is 3. The molecule has 0 radical (unpaired) electrons. The molecule has 0 aliphatic carbocycles. The van der Waals surface area contributed by atoms with E-state index in [-0.39, 0.29) is 23.8 Å². The van der Waals surface area contributed by atoms with Gasteiger partial charge in [0.1, 0.15) is 0 Å².